The van der Waals surface area contributed by atoms with Crippen LogP contribution in [0.15, 0.2) is 9.64 Å². The van der Waals surface area contributed by atoms with Crippen molar-refractivity contribution < 1.29 is 9.21 Å². The molecule has 0 saturated heterocycles. The molecule has 0 saturated carbocycles. The van der Waals surface area contributed by atoms with E-state index in [4.69, 9.17) is 4.42 Å². The normalized spacial score (nSPS) is 13.1. The van der Waals surface area contributed by atoms with Crippen LogP contribution in [0.3, 0.4) is 0 Å². The topological polar surface area (TPSA) is 68.0 Å². The molecule has 0 fully saturated rings. The van der Waals surface area contributed by atoms with Crippen LogP contribution in [0, 0.1) is 5.92 Å². The van der Waals surface area contributed by atoms with Gasteiger partial charge >= 0.3 is 0 Å². The van der Waals surface area contributed by atoms with Gasteiger partial charge in [-0.3, -0.25) is 4.79 Å². The first kappa shape index (κ1) is 15.0. The van der Waals surface area contributed by atoms with Crippen molar-refractivity contribution >= 4 is 17.7 Å². The predicted octanol–water partition coefficient (Wildman–Crippen LogP) is 2.45. The van der Waals surface area contributed by atoms with Crippen LogP contribution >= 0.6 is 11.8 Å². The van der Waals surface area contributed by atoms with Gasteiger partial charge < -0.3 is 9.73 Å². The van der Waals surface area contributed by atoms with Gasteiger partial charge in [0.25, 0.3) is 5.22 Å². The molecule has 0 radical (unpaired) electrons. The number of nitrogens with zero attached hydrogens (tertiary/aromatic N) is 2. The summed E-state index contributed by atoms with van der Waals surface area (Å²) >= 11 is 1.27. The summed E-state index contributed by atoms with van der Waals surface area (Å²) in [4.78, 5) is 11.7. The van der Waals surface area contributed by atoms with Gasteiger partial charge in [-0.05, 0) is 12.8 Å². The summed E-state index contributed by atoms with van der Waals surface area (Å²) < 4.78 is 5.41. The average molecular weight is 271 g/mol. The Balaban J connectivity index is 2.38. The SMILES string of the molecule is CC(C)c1nnc(SCC(=O)N[C@H](C)C(C)C)o1. The minimum Gasteiger partial charge on any atom is -0.416 e. The van der Waals surface area contributed by atoms with Crippen molar-refractivity contribution in [2.45, 2.75) is 51.8 Å². The Hall–Kier alpha value is -1.04. The molecule has 1 N–H and O–H groups in total. The summed E-state index contributed by atoms with van der Waals surface area (Å²) in [5, 5.41) is 11.2. The first-order valence-electron chi connectivity index (χ1n) is 6.15. The average Bonchev–Trinajstić information content (AvgIpc) is 2.74. The minimum absolute atomic E-state index is 0.00880. The van der Waals surface area contributed by atoms with E-state index in [1.54, 1.807) is 0 Å². The van der Waals surface area contributed by atoms with Gasteiger partial charge in [0.1, 0.15) is 0 Å². The molecule has 102 valence electrons. The van der Waals surface area contributed by atoms with E-state index in [1.807, 2.05) is 20.8 Å². The fourth-order valence-electron chi connectivity index (χ4n) is 1.10. The molecule has 0 aliphatic rings. The standard InChI is InChI=1S/C12H21N3O2S/c1-7(2)9(5)13-10(16)6-18-12-15-14-11(17-12)8(3)4/h7-9H,6H2,1-5H3,(H,13,16)/t9-/m1/s1. The first-order valence-corrected chi connectivity index (χ1v) is 7.14. The molecule has 1 amide bonds. The summed E-state index contributed by atoms with van der Waals surface area (Å²) in [7, 11) is 0. The number of carbonyl (C=O) groups excluding carboxylic acids is 1. The number of carbonyl (C=O) groups is 1. The van der Waals surface area contributed by atoms with E-state index < -0.39 is 0 Å². The van der Waals surface area contributed by atoms with Gasteiger partial charge in [0.2, 0.25) is 11.8 Å². The lowest BCUT2D eigenvalue weighted by Crippen LogP contribution is -2.37. The smallest absolute Gasteiger partial charge is 0.277 e. The van der Waals surface area contributed by atoms with E-state index in [0.717, 1.165) is 0 Å². The summed E-state index contributed by atoms with van der Waals surface area (Å²) in [6, 6.07) is 0.173. The molecule has 0 aliphatic carbocycles. The molecule has 1 atom stereocenters. The zero-order chi connectivity index (χ0) is 13.7. The molecule has 1 rings (SSSR count). The van der Waals surface area contributed by atoms with Gasteiger partial charge in [0.15, 0.2) is 0 Å². The third-order valence-corrected chi connectivity index (χ3v) is 3.45. The Morgan fingerprint density at radius 1 is 1.28 bits per heavy atom. The van der Waals surface area contributed by atoms with Crippen molar-refractivity contribution in [1.29, 1.82) is 0 Å². The number of nitrogens with one attached hydrogen (secondary N) is 1. The summed E-state index contributed by atoms with van der Waals surface area (Å²) in [5.74, 6) is 1.53. The van der Waals surface area contributed by atoms with E-state index >= 15 is 0 Å². The van der Waals surface area contributed by atoms with Crippen molar-refractivity contribution in [3.8, 4) is 0 Å². The van der Waals surface area contributed by atoms with Crippen molar-refractivity contribution in [2.75, 3.05) is 5.75 Å². The van der Waals surface area contributed by atoms with Crippen LogP contribution < -0.4 is 5.32 Å². The van der Waals surface area contributed by atoms with Gasteiger partial charge in [0.05, 0.1) is 5.75 Å². The van der Waals surface area contributed by atoms with Crippen LogP contribution in [0.5, 0.6) is 0 Å². The highest BCUT2D eigenvalue weighted by Crippen LogP contribution is 2.19. The molecule has 1 aromatic heterocycles. The van der Waals surface area contributed by atoms with Crippen LogP contribution in [-0.2, 0) is 4.79 Å². The predicted molar refractivity (Wildman–Crippen MR) is 71.6 cm³/mol. The molecule has 0 aromatic carbocycles. The number of hydrogen-bond donors (Lipinski definition) is 1. The van der Waals surface area contributed by atoms with Gasteiger partial charge in [-0.2, -0.15) is 0 Å². The number of rotatable bonds is 6. The second kappa shape index (κ2) is 6.78. The molecule has 6 heteroatoms. The maximum absolute atomic E-state index is 11.7. The lowest BCUT2D eigenvalue weighted by atomic mass is 10.1. The van der Waals surface area contributed by atoms with Crippen LogP contribution in [0.2, 0.25) is 0 Å². The third-order valence-electron chi connectivity index (χ3n) is 2.63. The highest BCUT2D eigenvalue weighted by Gasteiger charge is 2.14. The molecular formula is C12H21N3O2S. The van der Waals surface area contributed by atoms with E-state index in [2.05, 4.69) is 29.4 Å². The summed E-state index contributed by atoms with van der Waals surface area (Å²) in [6.07, 6.45) is 0. The monoisotopic (exact) mass is 271 g/mol. The zero-order valence-corrected chi connectivity index (χ0v) is 12.4. The lowest BCUT2D eigenvalue weighted by molar-refractivity contribution is -0.119. The molecule has 0 spiro atoms. The second-order valence-corrected chi connectivity index (χ2v) is 5.88. The molecule has 0 aliphatic heterocycles. The van der Waals surface area contributed by atoms with Crippen molar-refractivity contribution in [2.24, 2.45) is 5.92 Å². The van der Waals surface area contributed by atoms with Crippen LogP contribution in [-0.4, -0.2) is 27.9 Å². The highest BCUT2D eigenvalue weighted by atomic mass is 32.2. The fraction of sp³-hybridized carbons (Fsp3) is 0.750. The van der Waals surface area contributed by atoms with E-state index in [9.17, 15) is 4.79 Å². The molecule has 1 heterocycles. The van der Waals surface area contributed by atoms with Gasteiger partial charge in [0, 0.05) is 12.0 Å². The third kappa shape index (κ3) is 4.68. The molecular weight excluding hydrogens is 250 g/mol. The maximum Gasteiger partial charge on any atom is 0.277 e. The van der Waals surface area contributed by atoms with E-state index in [-0.39, 0.29) is 17.9 Å². The Bertz CT molecular complexity index is 390. The minimum atomic E-state index is -0.00880. The highest BCUT2D eigenvalue weighted by molar-refractivity contribution is 7.99. The number of hydrogen-bond acceptors (Lipinski definition) is 5. The van der Waals surface area contributed by atoms with Crippen LogP contribution in [0.1, 0.15) is 46.4 Å². The van der Waals surface area contributed by atoms with Gasteiger partial charge in [-0.1, -0.05) is 39.5 Å². The Kier molecular flexibility index (Phi) is 5.65. The largest absolute Gasteiger partial charge is 0.416 e. The molecule has 0 unspecified atom stereocenters. The lowest BCUT2D eigenvalue weighted by Gasteiger charge is -2.16. The number of amides is 1. The van der Waals surface area contributed by atoms with Gasteiger partial charge in [-0.25, -0.2) is 0 Å². The zero-order valence-electron chi connectivity index (χ0n) is 11.6. The number of thioether (sulfide) groups is 1. The summed E-state index contributed by atoms with van der Waals surface area (Å²) in [5.41, 5.74) is 0. The number of aromatic nitrogens is 2. The van der Waals surface area contributed by atoms with Crippen molar-refractivity contribution in [3.05, 3.63) is 5.89 Å². The maximum atomic E-state index is 11.7. The Morgan fingerprint density at radius 2 is 1.94 bits per heavy atom. The van der Waals surface area contributed by atoms with Crippen molar-refractivity contribution in [1.82, 2.24) is 15.5 Å². The Morgan fingerprint density at radius 3 is 2.44 bits per heavy atom. The molecule has 5 nitrogen and oxygen atoms in total. The second-order valence-electron chi connectivity index (χ2n) is 4.95. The molecule has 1 aromatic rings. The van der Waals surface area contributed by atoms with Crippen LogP contribution in [0.25, 0.3) is 0 Å². The summed E-state index contributed by atoms with van der Waals surface area (Å²) in [6.45, 7) is 10.1. The first-order chi connectivity index (χ1) is 8.40. The molecule has 0 bridgehead atoms. The van der Waals surface area contributed by atoms with E-state index in [1.165, 1.54) is 11.8 Å². The van der Waals surface area contributed by atoms with E-state index in [0.29, 0.717) is 22.8 Å². The molecule has 18 heavy (non-hydrogen) atoms. The fourth-order valence-corrected chi connectivity index (χ4v) is 1.68. The quantitative estimate of drug-likeness (QED) is 0.805. The van der Waals surface area contributed by atoms with Crippen molar-refractivity contribution in [3.63, 3.8) is 0 Å². The Labute approximate surface area is 112 Å². The van der Waals surface area contributed by atoms with Crippen LogP contribution in [0.4, 0.5) is 0 Å². The van der Waals surface area contributed by atoms with Gasteiger partial charge in [-0.15, -0.1) is 10.2 Å².